The zero-order valence-electron chi connectivity index (χ0n) is 14.3. The number of thiazole rings is 1. The molecule has 0 unspecified atom stereocenters. The van der Waals surface area contributed by atoms with E-state index in [2.05, 4.69) is 4.98 Å². The minimum absolute atomic E-state index is 0.145. The number of hydrogen-bond acceptors (Lipinski definition) is 5. The van der Waals surface area contributed by atoms with E-state index in [1.165, 1.54) is 11.1 Å². The fraction of sp³-hybridized carbons (Fsp3) is 0.444. The molecule has 1 amide bonds. The smallest absolute Gasteiger partial charge is 0.228 e. The summed E-state index contributed by atoms with van der Waals surface area (Å²) < 4.78 is 10.8. The number of carbonyl (C=O) groups is 1. The van der Waals surface area contributed by atoms with Crippen LogP contribution in [-0.2, 0) is 24.1 Å². The first kappa shape index (κ1) is 16.8. The Morgan fingerprint density at radius 1 is 1.17 bits per heavy atom. The van der Waals surface area contributed by atoms with E-state index in [1.54, 1.807) is 25.6 Å². The van der Waals surface area contributed by atoms with Gasteiger partial charge in [0.15, 0.2) is 11.5 Å². The Morgan fingerprint density at radius 2 is 1.75 bits per heavy atom. The zero-order chi connectivity index (χ0) is 17.1. The predicted octanol–water partition coefficient (Wildman–Crippen LogP) is 2.64. The number of rotatable bonds is 4. The first-order valence-corrected chi connectivity index (χ1v) is 8.91. The summed E-state index contributed by atoms with van der Waals surface area (Å²) in [7, 11) is 3.29. The Labute approximate surface area is 146 Å². The monoisotopic (exact) mass is 346 g/mol. The van der Waals surface area contributed by atoms with Gasteiger partial charge in [0.1, 0.15) is 0 Å². The molecule has 0 N–H and O–H groups in total. The highest BCUT2D eigenvalue weighted by atomic mass is 32.1. The topological polar surface area (TPSA) is 51.7 Å². The minimum Gasteiger partial charge on any atom is -0.493 e. The highest BCUT2D eigenvalue weighted by Gasteiger charge is 2.21. The Bertz CT molecular complexity index is 707. The molecule has 2 aromatic rings. The van der Waals surface area contributed by atoms with Gasteiger partial charge in [0.25, 0.3) is 0 Å². The van der Waals surface area contributed by atoms with Crippen LogP contribution in [0.5, 0.6) is 11.5 Å². The number of fused-ring (bicyclic) bond motifs is 1. The van der Waals surface area contributed by atoms with Gasteiger partial charge in [0, 0.05) is 18.5 Å². The SMILES string of the molecule is COc1cc2c(cc1OC)CCN(C(=O)Cc1csc(C)n1)CC2. The van der Waals surface area contributed by atoms with Gasteiger partial charge in [-0.25, -0.2) is 4.98 Å². The summed E-state index contributed by atoms with van der Waals surface area (Å²) in [4.78, 5) is 18.9. The Balaban J connectivity index is 1.71. The average molecular weight is 346 g/mol. The van der Waals surface area contributed by atoms with Crippen molar-refractivity contribution in [3.05, 3.63) is 39.3 Å². The summed E-state index contributed by atoms with van der Waals surface area (Å²) in [6, 6.07) is 4.07. The molecule has 0 fully saturated rings. The van der Waals surface area contributed by atoms with Crippen LogP contribution in [0.3, 0.4) is 0 Å². The molecule has 6 heteroatoms. The molecule has 5 nitrogen and oxygen atoms in total. The first-order chi connectivity index (χ1) is 11.6. The molecule has 1 aromatic carbocycles. The van der Waals surface area contributed by atoms with Crippen molar-refractivity contribution in [2.24, 2.45) is 0 Å². The Hall–Kier alpha value is -2.08. The van der Waals surface area contributed by atoms with Crippen LogP contribution in [0.1, 0.15) is 21.8 Å². The van der Waals surface area contributed by atoms with Gasteiger partial charge in [-0.1, -0.05) is 0 Å². The van der Waals surface area contributed by atoms with E-state index in [4.69, 9.17) is 9.47 Å². The van der Waals surface area contributed by atoms with Crippen molar-refractivity contribution in [2.75, 3.05) is 27.3 Å². The lowest BCUT2D eigenvalue weighted by molar-refractivity contribution is -0.130. The van der Waals surface area contributed by atoms with Crippen LogP contribution < -0.4 is 9.47 Å². The molecule has 24 heavy (non-hydrogen) atoms. The molecule has 128 valence electrons. The van der Waals surface area contributed by atoms with Gasteiger partial charge >= 0.3 is 0 Å². The zero-order valence-corrected chi connectivity index (χ0v) is 15.1. The summed E-state index contributed by atoms with van der Waals surface area (Å²) in [5.41, 5.74) is 3.33. The molecule has 0 aliphatic carbocycles. The molecular weight excluding hydrogens is 324 g/mol. The van der Waals surface area contributed by atoms with E-state index in [9.17, 15) is 4.79 Å². The molecule has 0 radical (unpaired) electrons. The lowest BCUT2D eigenvalue weighted by atomic mass is 10.0. The van der Waals surface area contributed by atoms with Crippen LogP contribution in [0.4, 0.5) is 0 Å². The number of hydrogen-bond donors (Lipinski definition) is 0. The van der Waals surface area contributed by atoms with Crippen molar-refractivity contribution < 1.29 is 14.3 Å². The second-order valence-electron chi connectivity index (χ2n) is 5.89. The van der Waals surface area contributed by atoms with E-state index in [-0.39, 0.29) is 5.91 Å². The second-order valence-corrected chi connectivity index (χ2v) is 6.95. The third-order valence-electron chi connectivity index (χ3n) is 4.36. The molecule has 0 spiro atoms. The molecule has 0 saturated carbocycles. The molecule has 3 rings (SSSR count). The van der Waals surface area contributed by atoms with E-state index in [0.29, 0.717) is 6.42 Å². The molecular formula is C18H22N2O3S. The van der Waals surface area contributed by atoms with Crippen LogP contribution in [0.15, 0.2) is 17.5 Å². The molecule has 1 aliphatic heterocycles. The van der Waals surface area contributed by atoms with Crippen molar-refractivity contribution in [1.82, 2.24) is 9.88 Å². The van der Waals surface area contributed by atoms with Crippen molar-refractivity contribution >= 4 is 17.2 Å². The first-order valence-electron chi connectivity index (χ1n) is 8.03. The minimum atomic E-state index is 0.145. The largest absolute Gasteiger partial charge is 0.493 e. The number of carbonyl (C=O) groups excluding carboxylic acids is 1. The molecule has 1 aromatic heterocycles. The summed E-state index contributed by atoms with van der Waals surface area (Å²) in [5.74, 6) is 1.63. The van der Waals surface area contributed by atoms with Gasteiger partial charge in [0.2, 0.25) is 5.91 Å². The van der Waals surface area contributed by atoms with Crippen molar-refractivity contribution in [2.45, 2.75) is 26.2 Å². The number of methoxy groups -OCH3 is 2. The number of aryl methyl sites for hydroxylation is 1. The summed E-state index contributed by atoms with van der Waals surface area (Å²) >= 11 is 1.59. The van der Waals surface area contributed by atoms with Crippen LogP contribution in [0.2, 0.25) is 0 Å². The van der Waals surface area contributed by atoms with Crippen molar-refractivity contribution in [1.29, 1.82) is 0 Å². The van der Waals surface area contributed by atoms with Crippen LogP contribution >= 0.6 is 11.3 Å². The fourth-order valence-corrected chi connectivity index (χ4v) is 3.67. The second kappa shape index (κ2) is 7.21. The molecule has 0 atom stereocenters. The highest BCUT2D eigenvalue weighted by Crippen LogP contribution is 2.32. The van der Waals surface area contributed by atoms with Gasteiger partial charge in [-0.3, -0.25) is 4.79 Å². The molecule has 2 heterocycles. The number of amides is 1. The van der Waals surface area contributed by atoms with E-state index in [0.717, 1.165) is 48.1 Å². The third-order valence-corrected chi connectivity index (χ3v) is 5.18. The number of aromatic nitrogens is 1. The van der Waals surface area contributed by atoms with Crippen molar-refractivity contribution in [3.8, 4) is 11.5 Å². The van der Waals surface area contributed by atoms with Gasteiger partial charge < -0.3 is 14.4 Å². The van der Waals surface area contributed by atoms with Gasteiger partial charge in [0.05, 0.1) is 31.3 Å². The summed E-state index contributed by atoms with van der Waals surface area (Å²) in [5, 5.41) is 2.97. The maximum absolute atomic E-state index is 12.6. The number of nitrogens with zero attached hydrogens (tertiary/aromatic N) is 2. The molecule has 0 bridgehead atoms. The normalized spacial score (nSPS) is 14.0. The average Bonchev–Trinajstić information content (AvgIpc) is 2.87. The van der Waals surface area contributed by atoms with E-state index in [1.807, 2.05) is 29.3 Å². The standard InChI is InChI=1S/C18H22N2O3S/c1-12-19-15(11-24-12)10-18(21)20-6-4-13-8-16(22-2)17(23-3)9-14(13)5-7-20/h8-9,11H,4-7,10H2,1-3H3. The van der Waals surface area contributed by atoms with Gasteiger partial charge in [-0.05, 0) is 43.0 Å². The Morgan fingerprint density at radius 3 is 2.21 bits per heavy atom. The highest BCUT2D eigenvalue weighted by molar-refractivity contribution is 7.09. The van der Waals surface area contributed by atoms with E-state index < -0.39 is 0 Å². The maximum atomic E-state index is 12.6. The fourth-order valence-electron chi connectivity index (χ4n) is 3.06. The van der Waals surface area contributed by atoms with Crippen LogP contribution in [0.25, 0.3) is 0 Å². The quantitative estimate of drug-likeness (QED) is 0.854. The van der Waals surface area contributed by atoms with E-state index >= 15 is 0 Å². The summed E-state index contributed by atoms with van der Waals surface area (Å²) in [6.07, 6.45) is 2.04. The van der Waals surface area contributed by atoms with Crippen LogP contribution in [-0.4, -0.2) is 43.1 Å². The van der Waals surface area contributed by atoms with Gasteiger partial charge in [-0.15, -0.1) is 11.3 Å². The molecule has 0 saturated heterocycles. The lowest BCUT2D eigenvalue weighted by Gasteiger charge is -2.19. The molecule has 1 aliphatic rings. The predicted molar refractivity (Wildman–Crippen MR) is 94.1 cm³/mol. The van der Waals surface area contributed by atoms with Crippen molar-refractivity contribution in [3.63, 3.8) is 0 Å². The number of benzene rings is 1. The summed E-state index contributed by atoms with van der Waals surface area (Å²) in [6.45, 7) is 3.41. The Kier molecular flexibility index (Phi) is 5.04. The van der Waals surface area contributed by atoms with Gasteiger partial charge in [-0.2, -0.15) is 0 Å². The van der Waals surface area contributed by atoms with Crippen LogP contribution in [0, 0.1) is 6.92 Å². The maximum Gasteiger partial charge on any atom is 0.228 e. The number of ether oxygens (including phenoxy) is 2. The lowest BCUT2D eigenvalue weighted by Crippen LogP contribution is -2.34. The third kappa shape index (κ3) is 3.53.